The molecule has 2 aromatic carbocycles. The summed E-state index contributed by atoms with van der Waals surface area (Å²) < 4.78 is 35.8. The van der Waals surface area contributed by atoms with Crippen LogP contribution in [0.3, 0.4) is 0 Å². The highest BCUT2D eigenvalue weighted by Gasteiger charge is 2.18. The van der Waals surface area contributed by atoms with E-state index in [1.54, 1.807) is 24.3 Å². The summed E-state index contributed by atoms with van der Waals surface area (Å²) in [7, 11) is -1.85. The molecule has 0 saturated carbocycles. The molecule has 2 rings (SSSR count). The van der Waals surface area contributed by atoms with Crippen molar-refractivity contribution >= 4 is 21.6 Å². The van der Waals surface area contributed by atoms with Gasteiger partial charge in [0.25, 0.3) is 5.91 Å². The Balaban J connectivity index is 1.84. The van der Waals surface area contributed by atoms with E-state index in [1.165, 1.54) is 16.9 Å². The van der Waals surface area contributed by atoms with Crippen LogP contribution in [0.15, 0.2) is 42.5 Å². The molecule has 0 unspecified atom stereocenters. The van der Waals surface area contributed by atoms with Crippen LogP contribution in [0.25, 0.3) is 0 Å². The minimum absolute atomic E-state index is 0.224. The number of aryl methyl sites for hydroxylation is 2. The Morgan fingerprint density at radius 1 is 1.07 bits per heavy atom. The summed E-state index contributed by atoms with van der Waals surface area (Å²) in [5.74, 6) is 1.04. The summed E-state index contributed by atoms with van der Waals surface area (Å²) in [4.78, 5) is 12.4. The van der Waals surface area contributed by atoms with Gasteiger partial charge < -0.3 is 14.8 Å². The molecule has 1 N–H and O–H groups in total. The molecule has 0 spiro atoms. The summed E-state index contributed by atoms with van der Waals surface area (Å²) in [6, 6.07) is 12.5. The van der Waals surface area contributed by atoms with Crippen molar-refractivity contribution in [2.75, 3.05) is 30.8 Å². The van der Waals surface area contributed by atoms with Gasteiger partial charge in [-0.1, -0.05) is 13.0 Å². The molecule has 7 nitrogen and oxygen atoms in total. The fourth-order valence-electron chi connectivity index (χ4n) is 2.67. The van der Waals surface area contributed by atoms with Crippen LogP contribution in [-0.4, -0.2) is 46.9 Å². The highest BCUT2D eigenvalue weighted by Crippen LogP contribution is 2.21. The number of nitrogens with zero attached hydrogens (tertiary/aromatic N) is 1. The van der Waals surface area contributed by atoms with Crippen LogP contribution in [0.4, 0.5) is 5.69 Å². The maximum absolute atomic E-state index is 12.4. The third kappa shape index (κ3) is 6.66. The van der Waals surface area contributed by atoms with Crippen molar-refractivity contribution in [1.82, 2.24) is 5.32 Å². The Morgan fingerprint density at radius 3 is 2.27 bits per heavy atom. The standard InChI is InChI=1S/C22H30N2O5S/c1-6-21(29-19-11-8-18(9-12-19)24(4)30(5,26)27)22(25)23-13-14-28-20-10-7-16(2)17(3)15-20/h7-12,15,21H,6,13-14H2,1-5H3,(H,23,25)/t21-/m1/s1. The molecule has 0 radical (unpaired) electrons. The number of anilines is 1. The molecule has 30 heavy (non-hydrogen) atoms. The molecule has 0 bridgehead atoms. The van der Waals surface area contributed by atoms with Crippen molar-refractivity contribution in [2.45, 2.75) is 33.3 Å². The first-order chi connectivity index (χ1) is 14.1. The molecule has 0 saturated heterocycles. The number of rotatable bonds is 10. The van der Waals surface area contributed by atoms with Gasteiger partial charge in [0.1, 0.15) is 18.1 Å². The third-order valence-electron chi connectivity index (χ3n) is 4.79. The van der Waals surface area contributed by atoms with E-state index in [0.29, 0.717) is 31.0 Å². The zero-order valence-corrected chi connectivity index (χ0v) is 19.0. The van der Waals surface area contributed by atoms with Crippen LogP contribution in [0.2, 0.25) is 0 Å². The van der Waals surface area contributed by atoms with E-state index in [0.717, 1.165) is 17.6 Å². The Kier molecular flexibility index (Phi) is 8.11. The fourth-order valence-corrected chi connectivity index (χ4v) is 3.18. The van der Waals surface area contributed by atoms with Crippen molar-refractivity contribution in [3.63, 3.8) is 0 Å². The number of sulfonamides is 1. The molecule has 0 aliphatic carbocycles. The highest BCUT2D eigenvalue weighted by molar-refractivity contribution is 7.92. The first-order valence-corrected chi connectivity index (χ1v) is 11.6. The summed E-state index contributed by atoms with van der Waals surface area (Å²) in [5.41, 5.74) is 2.88. The van der Waals surface area contributed by atoms with E-state index in [9.17, 15) is 13.2 Å². The SMILES string of the molecule is CC[C@@H](Oc1ccc(N(C)S(C)(=O)=O)cc1)C(=O)NCCOc1ccc(C)c(C)c1. The number of hydrogen-bond donors (Lipinski definition) is 1. The number of amides is 1. The summed E-state index contributed by atoms with van der Waals surface area (Å²) >= 11 is 0. The molecule has 8 heteroatoms. The van der Waals surface area contributed by atoms with Crippen molar-refractivity contribution in [3.8, 4) is 11.5 Å². The first kappa shape index (κ1) is 23.5. The lowest BCUT2D eigenvalue weighted by Gasteiger charge is -2.19. The van der Waals surface area contributed by atoms with Crippen molar-refractivity contribution in [2.24, 2.45) is 0 Å². The molecular formula is C22H30N2O5S. The smallest absolute Gasteiger partial charge is 0.261 e. The van der Waals surface area contributed by atoms with Gasteiger partial charge in [0.2, 0.25) is 10.0 Å². The van der Waals surface area contributed by atoms with Crippen LogP contribution in [0, 0.1) is 13.8 Å². The predicted molar refractivity (Wildman–Crippen MR) is 119 cm³/mol. The van der Waals surface area contributed by atoms with Crippen LogP contribution in [0.1, 0.15) is 24.5 Å². The summed E-state index contributed by atoms with van der Waals surface area (Å²) in [6.45, 7) is 6.66. The first-order valence-electron chi connectivity index (χ1n) is 9.80. The molecule has 0 aliphatic rings. The van der Waals surface area contributed by atoms with E-state index >= 15 is 0 Å². The van der Waals surface area contributed by atoms with Gasteiger partial charge in [0.15, 0.2) is 6.10 Å². The normalized spacial score (nSPS) is 12.2. The number of nitrogens with one attached hydrogen (secondary N) is 1. The molecule has 1 amide bonds. The van der Waals surface area contributed by atoms with Gasteiger partial charge in [0.05, 0.1) is 18.5 Å². The van der Waals surface area contributed by atoms with Gasteiger partial charge in [-0.25, -0.2) is 8.42 Å². The molecule has 0 aromatic heterocycles. The lowest BCUT2D eigenvalue weighted by atomic mass is 10.1. The average Bonchev–Trinajstić information content (AvgIpc) is 2.71. The van der Waals surface area contributed by atoms with Crippen molar-refractivity contribution in [3.05, 3.63) is 53.6 Å². The van der Waals surface area contributed by atoms with Crippen LogP contribution in [-0.2, 0) is 14.8 Å². The molecule has 2 aromatic rings. The summed E-state index contributed by atoms with van der Waals surface area (Å²) in [6.07, 6.45) is 0.984. The van der Waals surface area contributed by atoms with E-state index in [-0.39, 0.29) is 5.91 Å². The fraction of sp³-hybridized carbons (Fsp3) is 0.409. The van der Waals surface area contributed by atoms with Crippen LogP contribution in [0.5, 0.6) is 11.5 Å². The van der Waals surface area contributed by atoms with Gasteiger partial charge in [-0.15, -0.1) is 0 Å². The van der Waals surface area contributed by atoms with Crippen LogP contribution < -0.4 is 19.1 Å². The minimum atomic E-state index is -3.33. The van der Waals surface area contributed by atoms with Gasteiger partial charge >= 0.3 is 0 Å². The van der Waals surface area contributed by atoms with Gasteiger partial charge in [-0.05, 0) is 67.8 Å². The maximum atomic E-state index is 12.4. The quantitative estimate of drug-likeness (QED) is 0.581. The molecule has 0 heterocycles. The van der Waals surface area contributed by atoms with Gasteiger partial charge in [-0.3, -0.25) is 9.10 Å². The van der Waals surface area contributed by atoms with E-state index in [2.05, 4.69) is 5.32 Å². The largest absolute Gasteiger partial charge is 0.492 e. The number of carbonyl (C=O) groups is 1. The lowest BCUT2D eigenvalue weighted by molar-refractivity contribution is -0.128. The third-order valence-corrected chi connectivity index (χ3v) is 5.99. The highest BCUT2D eigenvalue weighted by atomic mass is 32.2. The predicted octanol–water partition coefficient (Wildman–Crippen LogP) is 3.05. The van der Waals surface area contributed by atoms with Gasteiger partial charge in [0, 0.05) is 7.05 Å². The second-order valence-corrected chi connectivity index (χ2v) is 9.14. The molecule has 164 valence electrons. The Bertz CT molecular complexity index is 958. The zero-order valence-electron chi connectivity index (χ0n) is 18.1. The zero-order chi connectivity index (χ0) is 22.3. The topological polar surface area (TPSA) is 84.9 Å². The van der Waals surface area contributed by atoms with Crippen molar-refractivity contribution < 1.29 is 22.7 Å². The number of ether oxygens (including phenoxy) is 2. The van der Waals surface area contributed by atoms with E-state index in [4.69, 9.17) is 9.47 Å². The minimum Gasteiger partial charge on any atom is -0.492 e. The number of benzene rings is 2. The Morgan fingerprint density at radius 2 is 1.70 bits per heavy atom. The Hall–Kier alpha value is -2.74. The monoisotopic (exact) mass is 434 g/mol. The van der Waals surface area contributed by atoms with E-state index < -0.39 is 16.1 Å². The molecular weight excluding hydrogens is 404 g/mol. The Labute approximate surface area is 179 Å². The number of carbonyl (C=O) groups excluding carboxylic acids is 1. The second kappa shape index (κ2) is 10.3. The molecule has 0 fully saturated rings. The molecule has 1 atom stereocenters. The van der Waals surface area contributed by atoms with Gasteiger partial charge in [-0.2, -0.15) is 0 Å². The average molecular weight is 435 g/mol. The van der Waals surface area contributed by atoms with Crippen LogP contribution >= 0.6 is 0 Å². The van der Waals surface area contributed by atoms with E-state index in [1.807, 2.05) is 39.0 Å². The van der Waals surface area contributed by atoms with Crippen molar-refractivity contribution in [1.29, 1.82) is 0 Å². The summed E-state index contributed by atoms with van der Waals surface area (Å²) in [5, 5.41) is 2.82. The lowest BCUT2D eigenvalue weighted by Crippen LogP contribution is -2.39. The molecule has 0 aliphatic heterocycles. The second-order valence-electron chi connectivity index (χ2n) is 7.12. The number of hydrogen-bond acceptors (Lipinski definition) is 5. The maximum Gasteiger partial charge on any atom is 0.261 e.